The number of aromatic nitrogens is 2. The summed E-state index contributed by atoms with van der Waals surface area (Å²) in [6, 6.07) is 7.40. The molecule has 16 heavy (non-hydrogen) atoms. The average Bonchev–Trinajstić information content (AvgIpc) is 2.78. The molecule has 1 N–H and O–H groups in total. The number of rotatable bonds is 2. The first-order valence-electron chi connectivity index (χ1n) is 4.60. The van der Waals surface area contributed by atoms with Gasteiger partial charge in [-0.1, -0.05) is 0 Å². The summed E-state index contributed by atoms with van der Waals surface area (Å²) in [5, 5.41) is 6.49. The van der Waals surface area contributed by atoms with Crippen LogP contribution in [0.2, 0.25) is 0 Å². The molecule has 0 radical (unpaired) electrons. The molecule has 5 heteroatoms. The van der Waals surface area contributed by atoms with Crippen molar-refractivity contribution in [3.05, 3.63) is 41.8 Å². The summed E-state index contributed by atoms with van der Waals surface area (Å²) < 4.78 is 17.2. The number of nitrogens with one attached hydrogen (secondary N) is 1. The van der Waals surface area contributed by atoms with Crippen LogP contribution in [0.5, 0.6) is 0 Å². The molecule has 0 aliphatic carbocycles. The molecule has 0 amide bonds. The van der Waals surface area contributed by atoms with Crippen LogP contribution in [-0.2, 0) is 4.74 Å². The van der Waals surface area contributed by atoms with E-state index in [1.165, 1.54) is 19.2 Å². The van der Waals surface area contributed by atoms with Crippen molar-refractivity contribution in [2.24, 2.45) is 0 Å². The number of aromatic amines is 1. The van der Waals surface area contributed by atoms with Crippen molar-refractivity contribution in [1.29, 1.82) is 0 Å². The summed E-state index contributed by atoms with van der Waals surface area (Å²) in [5.74, 6) is -0.798. The van der Waals surface area contributed by atoms with Gasteiger partial charge in [0.25, 0.3) is 0 Å². The Balaban J connectivity index is 2.31. The molecule has 2 aromatic rings. The van der Waals surface area contributed by atoms with Gasteiger partial charge in [-0.3, -0.25) is 5.10 Å². The third-order valence-electron chi connectivity index (χ3n) is 2.12. The van der Waals surface area contributed by atoms with Crippen molar-refractivity contribution in [3.63, 3.8) is 0 Å². The van der Waals surface area contributed by atoms with Gasteiger partial charge in [0.2, 0.25) is 0 Å². The number of methoxy groups -OCH3 is 1. The highest BCUT2D eigenvalue weighted by Crippen LogP contribution is 2.18. The molecular weight excluding hydrogens is 211 g/mol. The number of carbonyl (C=O) groups excluding carboxylic acids is 1. The van der Waals surface area contributed by atoms with Gasteiger partial charge in [-0.2, -0.15) is 5.10 Å². The SMILES string of the molecule is COC(=O)c1cc(-c2ccc(F)cc2)n[nH]1. The van der Waals surface area contributed by atoms with Crippen LogP contribution in [0.4, 0.5) is 4.39 Å². The van der Waals surface area contributed by atoms with E-state index in [-0.39, 0.29) is 11.5 Å². The number of nitrogens with zero attached hydrogens (tertiary/aromatic N) is 1. The Bertz CT molecular complexity index is 505. The Morgan fingerprint density at radius 1 is 1.38 bits per heavy atom. The molecule has 82 valence electrons. The van der Waals surface area contributed by atoms with E-state index in [0.717, 1.165) is 5.56 Å². The summed E-state index contributed by atoms with van der Waals surface area (Å²) in [4.78, 5) is 11.2. The van der Waals surface area contributed by atoms with Crippen molar-refractivity contribution in [2.75, 3.05) is 7.11 Å². The minimum atomic E-state index is -0.485. The van der Waals surface area contributed by atoms with Crippen molar-refractivity contribution in [3.8, 4) is 11.3 Å². The second-order valence-electron chi connectivity index (χ2n) is 3.17. The standard InChI is InChI=1S/C11H9FN2O2/c1-16-11(15)10-6-9(13-14-10)7-2-4-8(12)5-3-7/h2-6H,1H3,(H,13,14). The lowest BCUT2D eigenvalue weighted by Gasteiger charge is -1.94. The summed E-state index contributed by atoms with van der Waals surface area (Å²) in [5.41, 5.74) is 1.56. The second-order valence-corrected chi connectivity index (χ2v) is 3.17. The molecule has 0 saturated heterocycles. The zero-order valence-electron chi connectivity index (χ0n) is 8.53. The maximum absolute atomic E-state index is 12.7. The van der Waals surface area contributed by atoms with Gasteiger partial charge in [-0.25, -0.2) is 9.18 Å². The first kappa shape index (κ1) is 10.4. The quantitative estimate of drug-likeness (QED) is 0.787. The molecule has 0 atom stereocenters. The van der Waals surface area contributed by atoms with Crippen LogP contribution in [0.3, 0.4) is 0 Å². The summed E-state index contributed by atoms with van der Waals surface area (Å²) >= 11 is 0. The molecule has 2 rings (SSSR count). The Labute approximate surface area is 91.1 Å². The van der Waals surface area contributed by atoms with Gasteiger partial charge in [0, 0.05) is 5.56 Å². The smallest absolute Gasteiger partial charge is 0.356 e. The first-order valence-corrected chi connectivity index (χ1v) is 4.60. The fraction of sp³-hybridized carbons (Fsp3) is 0.0909. The number of benzene rings is 1. The van der Waals surface area contributed by atoms with Crippen LogP contribution in [-0.4, -0.2) is 23.3 Å². The Kier molecular flexibility index (Phi) is 2.68. The molecule has 1 aromatic carbocycles. The number of hydrogen-bond donors (Lipinski definition) is 1. The normalized spacial score (nSPS) is 10.1. The van der Waals surface area contributed by atoms with Gasteiger partial charge >= 0.3 is 5.97 Å². The number of H-pyrrole nitrogens is 1. The molecule has 0 aliphatic heterocycles. The average molecular weight is 220 g/mol. The lowest BCUT2D eigenvalue weighted by Crippen LogP contribution is -2.00. The van der Waals surface area contributed by atoms with Gasteiger partial charge in [0.15, 0.2) is 0 Å². The molecular formula is C11H9FN2O2. The summed E-state index contributed by atoms with van der Waals surface area (Å²) in [7, 11) is 1.29. The predicted molar refractivity (Wildman–Crippen MR) is 55.3 cm³/mol. The third-order valence-corrected chi connectivity index (χ3v) is 2.12. The van der Waals surface area contributed by atoms with Gasteiger partial charge in [-0.15, -0.1) is 0 Å². The van der Waals surface area contributed by atoms with E-state index in [1.807, 2.05) is 0 Å². The van der Waals surface area contributed by atoms with Crippen molar-refractivity contribution in [2.45, 2.75) is 0 Å². The van der Waals surface area contributed by atoms with E-state index in [9.17, 15) is 9.18 Å². The van der Waals surface area contributed by atoms with E-state index in [4.69, 9.17) is 0 Å². The number of esters is 1. The number of halogens is 1. The highest BCUT2D eigenvalue weighted by Gasteiger charge is 2.10. The minimum Gasteiger partial charge on any atom is -0.464 e. The van der Waals surface area contributed by atoms with Crippen LogP contribution in [0, 0.1) is 5.82 Å². The summed E-state index contributed by atoms with van der Waals surface area (Å²) in [6.45, 7) is 0. The van der Waals surface area contributed by atoms with Crippen LogP contribution in [0.25, 0.3) is 11.3 Å². The number of carbonyl (C=O) groups is 1. The second kappa shape index (κ2) is 4.14. The molecule has 0 bridgehead atoms. The first-order chi connectivity index (χ1) is 7.70. The zero-order chi connectivity index (χ0) is 11.5. The summed E-state index contributed by atoms with van der Waals surface area (Å²) in [6.07, 6.45) is 0. The minimum absolute atomic E-state index is 0.266. The molecule has 0 saturated carbocycles. The molecule has 1 aromatic heterocycles. The maximum atomic E-state index is 12.7. The third kappa shape index (κ3) is 1.93. The van der Waals surface area contributed by atoms with E-state index in [0.29, 0.717) is 5.69 Å². The topological polar surface area (TPSA) is 55.0 Å². The highest BCUT2D eigenvalue weighted by molar-refractivity contribution is 5.88. The van der Waals surface area contributed by atoms with Gasteiger partial charge in [0.05, 0.1) is 12.8 Å². The van der Waals surface area contributed by atoms with Crippen LogP contribution in [0.15, 0.2) is 30.3 Å². The number of hydrogen-bond acceptors (Lipinski definition) is 3. The molecule has 0 aliphatic rings. The Hall–Kier alpha value is -2.17. The van der Waals surface area contributed by atoms with E-state index in [1.54, 1.807) is 18.2 Å². The van der Waals surface area contributed by atoms with Crippen molar-refractivity contribution in [1.82, 2.24) is 10.2 Å². The van der Waals surface area contributed by atoms with E-state index in [2.05, 4.69) is 14.9 Å². The Morgan fingerprint density at radius 3 is 2.69 bits per heavy atom. The molecule has 1 heterocycles. The monoisotopic (exact) mass is 220 g/mol. The van der Waals surface area contributed by atoms with Crippen molar-refractivity contribution < 1.29 is 13.9 Å². The highest BCUT2D eigenvalue weighted by atomic mass is 19.1. The van der Waals surface area contributed by atoms with Crippen LogP contribution < -0.4 is 0 Å². The fourth-order valence-corrected chi connectivity index (χ4v) is 1.30. The molecule has 0 fully saturated rings. The fourth-order valence-electron chi connectivity index (χ4n) is 1.30. The molecule has 0 unspecified atom stereocenters. The lowest BCUT2D eigenvalue weighted by molar-refractivity contribution is 0.0594. The zero-order valence-corrected chi connectivity index (χ0v) is 8.53. The number of ether oxygens (including phenoxy) is 1. The maximum Gasteiger partial charge on any atom is 0.356 e. The van der Waals surface area contributed by atoms with Crippen LogP contribution >= 0.6 is 0 Å². The van der Waals surface area contributed by atoms with Gasteiger partial charge < -0.3 is 4.74 Å². The van der Waals surface area contributed by atoms with Crippen molar-refractivity contribution >= 4 is 5.97 Å². The van der Waals surface area contributed by atoms with Crippen LogP contribution in [0.1, 0.15) is 10.5 Å². The largest absolute Gasteiger partial charge is 0.464 e. The van der Waals surface area contributed by atoms with E-state index < -0.39 is 5.97 Å². The van der Waals surface area contributed by atoms with Gasteiger partial charge in [-0.05, 0) is 30.3 Å². The Morgan fingerprint density at radius 2 is 2.06 bits per heavy atom. The predicted octanol–water partition coefficient (Wildman–Crippen LogP) is 2.00. The van der Waals surface area contributed by atoms with Gasteiger partial charge in [0.1, 0.15) is 11.5 Å². The lowest BCUT2D eigenvalue weighted by atomic mass is 10.1. The molecule has 4 nitrogen and oxygen atoms in total. The molecule has 0 spiro atoms. The van der Waals surface area contributed by atoms with E-state index >= 15 is 0 Å².